The topological polar surface area (TPSA) is 46.2 Å². The van der Waals surface area contributed by atoms with E-state index < -0.39 is 10.0 Å². The molecule has 1 saturated carbocycles. The van der Waals surface area contributed by atoms with Crippen LogP contribution in [0.25, 0.3) is 0 Å². The van der Waals surface area contributed by atoms with Crippen LogP contribution in [0.5, 0.6) is 0 Å². The van der Waals surface area contributed by atoms with Gasteiger partial charge >= 0.3 is 0 Å². The van der Waals surface area contributed by atoms with Crippen molar-refractivity contribution in [3.8, 4) is 0 Å². The lowest BCUT2D eigenvalue weighted by Gasteiger charge is -2.20. The summed E-state index contributed by atoms with van der Waals surface area (Å²) in [6, 6.07) is 8.79. The third-order valence-corrected chi connectivity index (χ3v) is 8.47. The molecule has 1 aliphatic heterocycles. The van der Waals surface area contributed by atoms with Crippen molar-refractivity contribution in [3.63, 3.8) is 0 Å². The number of halogens is 1. The standard InChI is InChI=1S/C22H26FNO2S2/c1-14(2)19-11-16-8-7-15-9-10-17(23)12-20(15)27-21(16)13-22(19)28(25,26)24-18-5-3-4-6-18/h9-14,18,24H,3-8H2,1-2H3. The van der Waals surface area contributed by atoms with Gasteiger partial charge < -0.3 is 0 Å². The molecule has 0 unspecified atom stereocenters. The zero-order chi connectivity index (χ0) is 19.9. The minimum Gasteiger partial charge on any atom is -0.208 e. The van der Waals surface area contributed by atoms with Gasteiger partial charge in [0.1, 0.15) is 5.82 Å². The maximum atomic E-state index is 13.7. The van der Waals surface area contributed by atoms with E-state index in [2.05, 4.69) is 10.8 Å². The molecule has 0 amide bonds. The van der Waals surface area contributed by atoms with E-state index in [1.54, 1.807) is 6.07 Å². The molecule has 0 saturated heterocycles. The Morgan fingerprint density at radius 3 is 2.43 bits per heavy atom. The maximum absolute atomic E-state index is 13.7. The SMILES string of the molecule is CC(C)c1cc2c(cc1S(=O)(=O)NC1CCCC1)Sc1cc(F)ccc1CC2. The van der Waals surface area contributed by atoms with Gasteiger partial charge in [-0.1, -0.05) is 50.6 Å². The summed E-state index contributed by atoms with van der Waals surface area (Å²) < 4.78 is 43.1. The molecule has 150 valence electrons. The van der Waals surface area contributed by atoms with Crippen LogP contribution in [0.3, 0.4) is 0 Å². The van der Waals surface area contributed by atoms with Gasteiger partial charge in [-0.25, -0.2) is 17.5 Å². The van der Waals surface area contributed by atoms with Gasteiger partial charge in [0, 0.05) is 15.8 Å². The number of benzene rings is 2. The highest BCUT2D eigenvalue weighted by Gasteiger charge is 2.28. The third-order valence-electron chi connectivity index (χ3n) is 5.69. The fourth-order valence-electron chi connectivity index (χ4n) is 4.14. The number of nitrogens with one attached hydrogen (secondary N) is 1. The van der Waals surface area contributed by atoms with Gasteiger partial charge in [-0.3, -0.25) is 0 Å². The second-order valence-electron chi connectivity index (χ2n) is 8.11. The molecule has 6 heteroatoms. The first-order chi connectivity index (χ1) is 13.3. The first-order valence-electron chi connectivity index (χ1n) is 9.99. The van der Waals surface area contributed by atoms with Crippen molar-refractivity contribution >= 4 is 21.8 Å². The summed E-state index contributed by atoms with van der Waals surface area (Å²) >= 11 is 1.48. The van der Waals surface area contributed by atoms with E-state index in [0.29, 0.717) is 4.90 Å². The highest BCUT2D eigenvalue weighted by Crippen LogP contribution is 2.41. The van der Waals surface area contributed by atoms with Crippen molar-refractivity contribution in [1.82, 2.24) is 4.72 Å². The Morgan fingerprint density at radius 1 is 1.04 bits per heavy atom. The van der Waals surface area contributed by atoms with Gasteiger partial charge in [0.05, 0.1) is 4.90 Å². The molecule has 2 aliphatic rings. The Balaban J connectivity index is 1.77. The van der Waals surface area contributed by atoms with Crippen molar-refractivity contribution in [2.45, 2.75) is 79.0 Å². The number of sulfonamides is 1. The number of hydrogen-bond acceptors (Lipinski definition) is 3. The molecular weight excluding hydrogens is 393 g/mol. The van der Waals surface area contributed by atoms with Crippen molar-refractivity contribution in [3.05, 3.63) is 52.8 Å². The molecule has 0 atom stereocenters. The minimum atomic E-state index is -3.59. The van der Waals surface area contributed by atoms with E-state index in [4.69, 9.17) is 0 Å². The summed E-state index contributed by atoms with van der Waals surface area (Å²) in [5.41, 5.74) is 3.12. The Labute approximate surface area is 171 Å². The molecule has 2 aromatic carbocycles. The first-order valence-corrected chi connectivity index (χ1v) is 12.3. The second-order valence-corrected chi connectivity index (χ2v) is 10.9. The van der Waals surface area contributed by atoms with Gasteiger partial charge in [0.2, 0.25) is 10.0 Å². The Bertz CT molecular complexity index is 996. The Hall–Kier alpha value is -1.37. The maximum Gasteiger partial charge on any atom is 0.241 e. The average Bonchev–Trinajstić information content (AvgIpc) is 3.06. The molecule has 1 aliphatic carbocycles. The van der Waals surface area contributed by atoms with E-state index in [9.17, 15) is 12.8 Å². The molecule has 2 aromatic rings. The van der Waals surface area contributed by atoms with Crippen molar-refractivity contribution in [2.75, 3.05) is 0 Å². The van der Waals surface area contributed by atoms with Crippen LogP contribution in [0.1, 0.15) is 62.1 Å². The monoisotopic (exact) mass is 419 g/mol. The van der Waals surface area contributed by atoms with Crippen LogP contribution in [-0.4, -0.2) is 14.5 Å². The Morgan fingerprint density at radius 2 is 1.71 bits per heavy atom. The molecule has 28 heavy (non-hydrogen) atoms. The predicted octanol–water partition coefficient (Wildman–Crippen LogP) is 5.42. The second kappa shape index (κ2) is 7.81. The van der Waals surface area contributed by atoms with E-state index in [1.165, 1.54) is 17.8 Å². The fourth-order valence-corrected chi connectivity index (χ4v) is 7.08. The molecule has 1 fully saturated rings. The lowest BCUT2D eigenvalue weighted by Crippen LogP contribution is -2.33. The lowest BCUT2D eigenvalue weighted by atomic mass is 9.97. The molecule has 1 N–H and O–H groups in total. The zero-order valence-electron chi connectivity index (χ0n) is 16.3. The van der Waals surface area contributed by atoms with E-state index in [1.807, 2.05) is 26.0 Å². The van der Waals surface area contributed by atoms with Gasteiger partial charge in [0.25, 0.3) is 0 Å². The van der Waals surface area contributed by atoms with E-state index in [-0.39, 0.29) is 17.8 Å². The van der Waals surface area contributed by atoms with Crippen LogP contribution in [0.4, 0.5) is 4.39 Å². The summed E-state index contributed by atoms with van der Waals surface area (Å²) in [6.07, 6.45) is 5.63. The number of rotatable bonds is 4. The third kappa shape index (κ3) is 4.00. The van der Waals surface area contributed by atoms with E-state index in [0.717, 1.165) is 65.0 Å². The van der Waals surface area contributed by atoms with Crippen LogP contribution in [0, 0.1) is 5.82 Å². The Kier molecular flexibility index (Phi) is 5.55. The summed E-state index contributed by atoms with van der Waals surface area (Å²) in [4.78, 5) is 2.17. The van der Waals surface area contributed by atoms with Gasteiger partial charge in [-0.05, 0) is 66.5 Å². The quantitative estimate of drug-likeness (QED) is 0.720. The highest BCUT2D eigenvalue weighted by molar-refractivity contribution is 7.99. The summed E-state index contributed by atoms with van der Waals surface area (Å²) in [5, 5.41) is 0. The van der Waals surface area contributed by atoms with Gasteiger partial charge in [-0.15, -0.1) is 0 Å². The van der Waals surface area contributed by atoms with Crippen molar-refractivity contribution in [2.24, 2.45) is 0 Å². The zero-order valence-corrected chi connectivity index (χ0v) is 17.9. The minimum absolute atomic E-state index is 0.0336. The number of aryl methyl sites for hydroxylation is 2. The molecular formula is C22H26FNO2S2. The first kappa shape index (κ1) is 19.9. The lowest BCUT2D eigenvalue weighted by molar-refractivity contribution is 0.550. The predicted molar refractivity (Wildman–Crippen MR) is 111 cm³/mol. The average molecular weight is 420 g/mol. The van der Waals surface area contributed by atoms with Gasteiger partial charge in [0.15, 0.2) is 0 Å². The molecule has 0 radical (unpaired) electrons. The molecule has 0 aromatic heterocycles. The molecule has 3 nitrogen and oxygen atoms in total. The van der Waals surface area contributed by atoms with E-state index >= 15 is 0 Å². The van der Waals surface area contributed by atoms with Crippen molar-refractivity contribution < 1.29 is 12.8 Å². The van der Waals surface area contributed by atoms with Crippen LogP contribution in [-0.2, 0) is 22.9 Å². The largest absolute Gasteiger partial charge is 0.241 e. The smallest absolute Gasteiger partial charge is 0.208 e. The fraction of sp³-hybridized carbons (Fsp3) is 0.455. The van der Waals surface area contributed by atoms with Crippen LogP contribution < -0.4 is 4.72 Å². The highest BCUT2D eigenvalue weighted by atomic mass is 32.2. The molecule has 4 rings (SSSR count). The number of hydrogen-bond donors (Lipinski definition) is 1. The molecule has 1 heterocycles. The summed E-state index contributed by atoms with van der Waals surface area (Å²) in [5.74, 6) is -0.155. The van der Waals surface area contributed by atoms with Crippen LogP contribution in [0.2, 0.25) is 0 Å². The molecule has 0 spiro atoms. The van der Waals surface area contributed by atoms with Crippen LogP contribution in [0.15, 0.2) is 45.0 Å². The summed E-state index contributed by atoms with van der Waals surface area (Å²) in [7, 11) is -3.59. The molecule has 0 bridgehead atoms. The normalized spacial score (nSPS) is 17.4. The summed E-state index contributed by atoms with van der Waals surface area (Å²) in [6.45, 7) is 4.06. The number of fused-ring (bicyclic) bond motifs is 2. The van der Waals surface area contributed by atoms with Gasteiger partial charge in [-0.2, -0.15) is 0 Å². The van der Waals surface area contributed by atoms with Crippen molar-refractivity contribution in [1.29, 1.82) is 0 Å². The van der Waals surface area contributed by atoms with Crippen LogP contribution >= 0.6 is 11.8 Å².